The summed E-state index contributed by atoms with van der Waals surface area (Å²) in [5.74, 6) is -0.777. The van der Waals surface area contributed by atoms with Crippen LogP contribution in [0.15, 0.2) is 48.5 Å². The van der Waals surface area contributed by atoms with Gasteiger partial charge in [0, 0.05) is 18.5 Å². The summed E-state index contributed by atoms with van der Waals surface area (Å²) < 4.78 is 5.66. The summed E-state index contributed by atoms with van der Waals surface area (Å²) in [6.07, 6.45) is 2.66. The van der Waals surface area contributed by atoms with Gasteiger partial charge in [0.05, 0.1) is 5.92 Å². The molecule has 2 aromatic carbocycles. The van der Waals surface area contributed by atoms with E-state index < -0.39 is 24.0 Å². The van der Waals surface area contributed by atoms with E-state index in [1.807, 2.05) is 37.4 Å². The van der Waals surface area contributed by atoms with E-state index in [1.54, 1.807) is 16.7 Å². The zero-order chi connectivity index (χ0) is 24.9. The predicted octanol–water partition coefficient (Wildman–Crippen LogP) is 4.36. The van der Waals surface area contributed by atoms with Crippen LogP contribution < -0.4 is 5.32 Å². The highest BCUT2D eigenvalue weighted by molar-refractivity contribution is 7.98. The molecule has 0 aromatic heterocycles. The summed E-state index contributed by atoms with van der Waals surface area (Å²) in [7, 11) is 0. The number of carbonyl (C=O) groups is 3. The molecule has 4 rings (SSSR count). The van der Waals surface area contributed by atoms with Gasteiger partial charge in [-0.15, -0.1) is 0 Å². The van der Waals surface area contributed by atoms with Crippen molar-refractivity contribution in [2.45, 2.75) is 44.2 Å². The Labute approximate surface area is 210 Å². The van der Waals surface area contributed by atoms with Gasteiger partial charge in [0.1, 0.15) is 12.6 Å². The first-order valence-electron chi connectivity index (χ1n) is 12.0. The van der Waals surface area contributed by atoms with Crippen LogP contribution in [0.5, 0.6) is 0 Å². The molecule has 2 aliphatic rings. The molecule has 1 fully saturated rings. The van der Waals surface area contributed by atoms with Crippen LogP contribution in [0.1, 0.15) is 43.2 Å². The van der Waals surface area contributed by atoms with Crippen LogP contribution in [0.25, 0.3) is 11.1 Å². The molecule has 3 atom stereocenters. The van der Waals surface area contributed by atoms with Gasteiger partial charge in [0.25, 0.3) is 0 Å². The second-order valence-electron chi connectivity index (χ2n) is 9.24. The molecular formula is C27H32N2O5S. The molecule has 0 radical (unpaired) electrons. The topological polar surface area (TPSA) is 95.9 Å². The molecule has 0 bridgehead atoms. The Morgan fingerprint density at radius 3 is 2.31 bits per heavy atom. The smallest absolute Gasteiger partial charge is 0.407 e. The number of benzene rings is 2. The Bertz CT molecular complexity index is 1050. The molecule has 1 heterocycles. The van der Waals surface area contributed by atoms with Crippen LogP contribution in [0, 0.1) is 5.92 Å². The number of amides is 2. The van der Waals surface area contributed by atoms with Gasteiger partial charge in [-0.1, -0.05) is 48.5 Å². The SMILES string of the molecule is CSCC[C@@H](NC(=O)OCC1c2ccccc2-c2ccccc21)C(=O)N1CC[C@@H](C(=O)O)C[C@H]1C. The molecule has 1 aliphatic carbocycles. The number of carboxylic acid groups (broad SMARTS) is 1. The van der Waals surface area contributed by atoms with Crippen LogP contribution in [0.4, 0.5) is 4.79 Å². The van der Waals surface area contributed by atoms with E-state index in [-0.39, 0.29) is 24.5 Å². The predicted molar refractivity (Wildman–Crippen MR) is 137 cm³/mol. The number of carboxylic acids is 1. The standard InChI is InChI=1S/C27H32N2O5S/c1-17-15-18(26(31)32)11-13-29(17)25(30)24(12-14-35-2)28-27(33)34-16-23-21-9-5-3-7-19(21)20-8-4-6-10-22(20)23/h3-10,17-18,23-24H,11-16H2,1-2H3,(H,28,33)(H,31,32)/t17-,18-,24-/m1/s1. The van der Waals surface area contributed by atoms with Gasteiger partial charge in [-0.2, -0.15) is 11.8 Å². The number of hydrogen-bond donors (Lipinski definition) is 2. The van der Waals surface area contributed by atoms with E-state index in [1.165, 1.54) is 0 Å². The van der Waals surface area contributed by atoms with Gasteiger partial charge >= 0.3 is 12.1 Å². The Balaban J connectivity index is 1.40. The molecule has 0 unspecified atom stereocenters. The maximum atomic E-state index is 13.3. The second-order valence-corrected chi connectivity index (χ2v) is 10.2. The number of piperidine rings is 1. The lowest BCUT2D eigenvalue weighted by molar-refractivity contribution is -0.148. The fourth-order valence-corrected chi connectivity index (χ4v) is 5.67. The minimum absolute atomic E-state index is 0.0523. The molecule has 0 saturated carbocycles. The lowest BCUT2D eigenvalue weighted by Crippen LogP contribution is -2.54. The summed E-state index contributed by atoms with van der Waals surface area (Å²) in [5, 5.41) is 12.1. The second kappa shape index (κ2) is 11.2. The third-order valence-electron chi connectivity index (χ3n) is 7.05. The molecule has 2 aromatic rings. The molecule has 2 amide bonds. The number of alkyl carbamates (subject to hydrolysis) is 1. The minimum Gasteiger partial charge on any atom is -0.481 e. The molecule has 1 aliphatic heterocycles. The van der Waals surface area contributed by atoms with Crippen molar-refractivity contribution in [2.24, 2.45) is 5.92 Å². The van der Waals surface area contributed by atoms with Crippen molar-refractivity contribution >= 4 is 29.7 Å². The van der Waals surface area contributed by atoms with Crippen molar-refractivity contribution in [1.82, 2.24) is 10.2 Å². The molecule has 2 N–H and O–H groups in total. The van der Waals surface area contributed by atoms with Crippen molar-refractivity contribution in [3.63, 3.8) is 0 Å². The fraction of sp³-hybridized carbons (Fsp3) is 0.444. The van der Waals surface area contributed by atoms with Crippen LogP contribution in [-0.4, -0.2) is 65.2 Å². The van der Waals surface area contributed by atoms with Crippen LogP contribution in [0.3, 0.4) is 0 Å². The monoisotopic (exact) mass is 496 g/mol. The number of rotatable bonds is 8. The largest absolute Gasteiger partial charge is 0.481 e. The number of likely N-dealkylation sites (tertiary alicyclic amines) is 1. The first-order valence-corrected chi connectivity index (χ1v) is 13.4. The summed E-state index contributed by atoms with van der Waals surface area (Å²) in [4.78, 5) is 39.2. The number of carbonyl (C=O) groups excluding carboxylic acids is 2. The van der Waals surface area contributed by atoms with Gasteiger partial charge < -0.3 is 20.1 Å². The molecule has 1 saturated heterocycles. The van der Waals surface area contributed by atoms with E-state index in [9.17, 15) is 19.5 Å². The number of hydrogen-bond acceptors (Lipinski definition) is 5. The van der Waals surface area contributed by atoms with E-state index >= 15 is 0 Å². The van der Waals surface area contributed by atoms with Crippen LogP contribution >= 0.6 is 11.8 Å². The van der Waals surface area contributed by atoms with Crippen LogP contribution in [-0.2, 0) is 14.3 Å². The average molecular weight is 497 g/mol. The average Bonchev–Trinajstić information content (AvgIpc) is 3.18. The first-order chi connectivity index (χ1) is 16.9. The van der Waals surface area contributed by atoms with Crippen molar-refractivity contribution in [3.05, 3.63) is 59.7 Å². The van der Waals surface area contributed by atoms with E-state index in [4.69, 9.17) is 4.74 Å². The van der Waals surface area contributed by atoms with Crippen molar-refractivity contribution < 1.29 is 24.2 Å². The van der Waals surface area contributed by atoms with Crippen molar-refractivity contribution in [1.29, 1.82) is 0 Å². The highest BCUT2D eigenvalue weighted by atomic mass is 32.2. The zero-order valence-electron chi connectivity index (χ0n) is 20.1. The Morgan fingerprint density at radius 1 is 1.11 bits per heavy atom. The van der Waals surface area contributed by atoms with Crippen molar-refractivity contribution in [2.75, 3.05) is 25.2 Å². The zero-order valence-corrected chi connectivity index (χ0v) is 20.9. The number of fused-ring (bicyclic) bond motifs is 3. The summed E-state index contributed by atoms with van der Waals surface area (Å²) >= 11 is 1.60. The van der Waals surface area contributed by atoms with Gasteiger partial charge in [-0.05, 0) is 60.4 Å². The molecule has 8 heteroatoms. The molecular weight excluding hydrogens is 464 g/mol. The maximum Gasteiger partial charge on any atom is 0.407 e. The van der Waals surface area contributed by atoms with E-state index in [0.29, 0.717) is 31.6 Å². The van der Waals surface area contributed by atoms with E-state index in [2.05, 4.69) is 29.6 Å². The quantitative estimate of drug-likeness (QED) is 0.564. The normalized spacial score (nSPS) is 20.0. The Morgan fingerprint density at radius 2 is 1.74 bits per heavy atom. The Kier molecular flexibility index (Phi) is 8.00. The number of nitrogens with zero attached hydrogens (tertiary/aromatic N) is 1. The molecule has 35 heavy (non-hydrogen) atoms. The maximum absolute atomic E-state index is 13.3. The lowest BCUT2D eigenvalue weighted by atomic mass is 9.91. The summed E-state index contributed by atoms with van der Waals surface area (Å²) in [6.45, 7) is 2.43. The highest BCUT2D eigenvalue weighted by Crippen LogP contribution is 2.44. The van der Waals surface area contributed by atoms with Gasteiger partial charge in [0.15, 0.2) is 0 Å². The lowest BCUT2D eigenvalue weighted by Gasteiger charge is -2.38. The van der Waals surface area contributed by atoms with Gasteiger partial charge in [-0.3, -0.25) is 9.59 Å². The summed E-state index contributed by atoms with van der Waals surface area (Å²) in [5.41, 5.74) is 4.58. The third kappa shape index (κ3) is 5.48. The minimum atomic E-state index is -0.820. The molecule has 0 spiro atoms. The summed E-state index contributed by atoms with van der Waals surface area (Å²) in [6, 6.07) is 15.4. The fourth-order valence-electron chi connectivity index (χ4n) is 5.20. The highest BCUT2D eigenvalue weighted by Gasteiger charge is 2.36. The third-order valence-corrected chi connectivity index (χ3v) is 7.70. The Hall–Kier alpha value is -3.00. The number of nitrogens with one attached hydrogen (secondary N) is 1. The van der Waals surface area contributed by atoms with Gasteiger partial charge in [0.2, 0.25) is 5.91 Å². The number of aliphatic carboxylic acids is 1. The first kappa shape index (κ1) is 25.1. The van der Waals surface area contributed by atoms with Crippen LogP contribution in [0.2, 0.25) is 0 Å². The van der Waals surface area contributed by atoms with Crippen molar-refractivity contribution in [3.8, 4) is 11.1 Å². The van der Waals surface area contributed by atoms with Gasteiger partial charge in [-0.25, -0.2) is 4.79 Å². The molecule has 7 nitrogen and oxygen atoms in total. The number of thioether (sulfide) groups is 1. The molecule has 186 valence electrons. The van der Waals surface area contributed by atoms with E-state index in [0.717, 1.165) is 22.3 Å². The number of ether oxygens (including phenoxy) is 1.